The molecular weight excluding hydrogens is 428 g/mol. The van der Waals surface area contributed by atoms with E-state index in [1.807, 2.05) is 0 Å². The van der Waals surface area contributed by atoms with Crippen LogP contribution in [0.1, 0.15) is 31.9 Å². The SMILES string of the molecule is CC/C=C(\C)c1nc(C[I-]C)nc([I-]C)n1. The second-order valence-electron chi connectivity index (χ2n) is 3.23. The first-order valence-corrected chi connectivity index (χ1v) is 12.0. The van der Waals surface area contributed by atoms with Gasteiger partial charge in [0.15, 0.2) is 0 Å². The van der Waals surface area contributed by atoms with Crippen LogP contribution in [0.4, 0.5) is 0 Å². The van der Waals surface area contributed by atoms with Gasteiger partial charge in [-0.25, -0.2) is 0 Å². The van der Waals surface area contributed by atoms with Gasteiger partial charge in [-0.05, 0) is 0 Å². The average Bonchev–Trinajstić information content (AvgIpc) is 2.29. The predicted octanol–water partition coefficient (Wildman–Crippen LogP) is -4.21. The zero-order valence-corrected chi connectivity index (χ0v) is 14.4. The Hall–Kier alpha value is 0.210. The molecule has 0 unspecified atom stereocenters. The van der Waals surface area contributed by atoms with Crippen molar-refractivity contribution in [2.24, 2.45) is 0 Å². The van der Waals surface area contributed by atoms with Crippen molar-refractivity contribution in [3.8, 4) is 0 Å². The maximum atomic E-state index is 4.54. The molecule has 0 aliphatic carbocycles. The van der Waals surface area contributed by atoms with Gasteiger partial charge in [0.1, 0.15) is 0 Å². The van der Waals surface area contributed by atoms with Crippen molar-refractivity contribution in [1.29, 1.82) is 0 Å². The van der Waals surface area contributed by atoms with Crippen LogP contribution < -0.4 is 42.4 Å². The van der Waals surface area contributed by atoms with Gasteiger partial charge in [0.25, 0.3) is 0 Å². The summed E-state index contributed by atoms with van der Waals surface area (Å²) in [5.41, 5.74) is 1.18. The molecule has 0 saturated heterocycles. The summed E-state index contributed by atoms with van der Waals surface area (Å²) in [6.45, 7) is 4.22. The standard InChI is InChI=1S/C11H17I2N3/c1-5-6-8(2)10-14-9(7-12-3)15-11(13-4)16-10/h6H,5,7H2,1-4H3/q-2/b8-6+. The van der Waals surface area contributed by atoms with Gasteiger partial charge in [-0.15, -0.1) is 0 Å². The van der Waals surface area contributed by atoms with Crippen molar-refractivity contribution in [3.05, 3.63) is 21.6 Å². The minimum absolute atomic E-state index is 0.0482. The van der Waals surface area contributed by atoms with Gasteiger partial charge in [0, 0.05) is 0 Å². The van der Waals surface area contributed by atoms with Crippen molar-refractivity contribution < 1.29 is 42.4 Å². The van der Waals surface area contributed by atoms with E-state index in [9.17, 15) is 0 Å². The van der Waals surface area contributed by atoms with Crippen molar-refractivity contribution >= 4 is 5.57 Å². The number of allylic oxidation sites excluding steroid dienone is 2. The molecule has 1 aromatic heterocycles. The Morgan fingerprint density at radius 2 is 2.00 bits per heavy atom. The van der Waals surface area contributed by atoms with Gasteiger partial charge in [-0.1, -0.05) is 0 Å². The van der Waals surface area contributed by atoms with E-state index in [1.54, 1.807) is 0 Å². The topological polar surface area (TPSA) is 38.7 Å². The third-order valence-electron chi connectivity index (χ3n) is 1.94. The van der Waals surface area contributed by atoms with Gasteiger partial charge in [0.2, 0.25) is 0 Å². The molecule has 0 aliphatic rings. The average molecular weight is 445 g/mol. The maximum absolute atomic E-state index is 4.54. The molecule has 1 rings (SSSR count). The molecule has 0 spiro atoms. The van der Waals surface area contributed by atoms with Gasteiger partial charge in [-0.2, -0.15) is 0 Å². The number of halogens is 2. The fourth-order valence-corrected chi connectivity index (χ4v) is 3.24. The van der Waals surface area contributed by atoms with E-state index in [0.717, 1.165) is 26.3 Å². The number of rotatable bonds is 5. The minimum atomic E-state index is -0.0482. The summed E-state index contributed by atoms with van der Waals surface area (Å²) in [7, 11) is 0. The second kappa shape index (κ2) is 7.52. The van der Waals surface area contributed by atoms with Crippen LogP contribution in [0.5, 0.6) is 0 Å². The van der Waals surface area contributed by atoms with E-state index < -0.39 is 0 Å². The molecule has 0 atom stereocenters. The second-order valence-corrected chi connectivity index (χ2v) is 7.56. The van der Waals surface area contributed by atoms with Gasteiger partial charge < -0.3 is 0 Å². The molecular formula is C11H17I2N3-2. The molecule has 3 nitrogen and oxygen atoms in total. The molecule has 0 bridgehead atoms. The number of aromatic nitrogens is 3. The molecule has 1 aromatic rings. The summed E-state index contributed by atoms with van der Waals surface area (Å²) in [4.78, 5) is 18.0. The van der Waals surface area contributed by atoms with Crippen LogP contribution in [-0.2, 0) is 4.43 Å². The molecule has 0 fully saturated rings. The van der Waals surface area contributed by atoms with Crippen LogP contribution in [0, 0.1) is 3.83 Å². The summed E-state index contributed by atoms with van der Waals surface area (Å²) in [6.07, 6.45) is 3.21. The molecule has 0 aliphatic heterocycles. The first-order valence-electron chi connectivity index (χ1n) is 5.06. The molecule has 92 valence electrons. The summed E-state index contributed by atoms with van der Waals surface area (Å²) < 4.78 is 2.09. The van der Waals surface area contributed by atoms with Crippen LogP contribution in [-0.4, -0.2) is 24.8 Å². The first kappa shape index (κ1) is 14.3. The van der Waals surface area contributed by atoms with Gasteiger partial charge in [-0.3, -0.25) is 0 Å². The number of alkyl halides is 3. The van der Waals surface area contributed by atoms with Crippen molar-refractivity contribution in [1.82, 2.24) is 15.0 Å². The Morgan fingerprint density at radius 3 is 2.56 bits per heavy atom. The van der Waals surface area contributed by atoms with Crippen LogP contribution >= 0.6 is 0 Å². The van der Waals surface area contributed by atoms with Crippen LogP contribution in [0.3, 0.4) is 0 Å². The van der Waals surface area contributed by atoms with Crippen molar-refractivity contribution in [3.63, 3.8) is 0 Å². The number of hydrogen-bond donors (Lipinski definition) is 0. The first-order chi connectivity index (χ1) is 7.71. The van der Waals surface area contributed by atoms with Crippen LogP contribution in [0.2, 0.25) is 0 Å². The van der Waals surface area contributed by atoms with Crippen LogP contribution in [0.25, 0.3) is 5.57 Å². The third-order valence-corrected chi connectivity index (χ3v) is 4.83. The molecule has 0 saturated carbocycles. The van der Waals surface area contributed by atoms with Crippen molar-refractivity contribution in [2.75, 3.05) is 9.86 Å². The van der Waals surface area contributed by atoms with E-state index in [1.165, 1.54) is 5.57 Å². The van der Waals surface area contributed by atoms with Gasteiger partial charge in [0.05, 0.1) is 0 Å². The van der Waals surface area contributed by atoms with Crippen molar-refractivity contribution in [2.45, 2.75) is 24.7 Å². The zero-order valence-electron chi connectivity index (χ0n) is 10.1. The summed E-state index contributed by atoms with van der Waals surface area (Å²) in [5, 5.41) is 0. The molecule has 0 N–H and O–H groups in total. The Labute approximate surface area is 118 Å². The van der Waals surface area contributed by atoms with E-state index in [4.69, 9.17) is 0 Å². The van der Waals surface area contributed by atoms with Crippen LogP contribution in [0.15, 0.2) is 6.08 Å². The quantitative estimate of drug-likeness (QED) is 0.341. The van der Waals surface area contributed by atoms with E-state index >= 15 is 0 Å². The fraction of sp³-hybridized carbons (Fsp3) is 0.545. The monoisotopic (exact) mass is 445 g/mol. The Kier molecular flexibility index (Phi) is 6.71. The fourth-order valence-electron chi connectivity index (χ4n) is 1.23. The number of hydrogen-bond acceptors (Lipinski definition) is 3. The predicted molar refractivity (Wildman–Crippen MR) is 58.0 cm³/mol. The third kappa shape index (κ3) is 4.23. The summed E-state index contributed by atoms with van der Waals surface area (Å²) >= 11 is 0.162. The normalized spacial score (nSPS) is 12.4. The Balaban J connectivity index is 3.08. The van der Waals surface area contributed by atoms with E-state index in [0.29, 0.717) is 0 Å². The van der Waals surface area contributed by atoms with E-state index in [-0.39, 0.29) is 42.4 Å². The Morgan fingerprint density at radius 1 is 1.25 bits per heavy atom. The molecule has 5 heteroatoms. The van der Waals surface area contributed by atoms with E-state index in [2.05, 4.69) is 44.7 Å². The summed E-state index contributed by atoms with van der Waals surface area (Å²) in [5.74, 6) is 1.89. The molecule has 16 heavy (non-hydrogen) atoms. The molecule has 1 heterocycles. The molecule has 0 amide bonds. The molecule has 0 aromatic carbocycles. The zero-order chi connectivity index (χ0) is 12.0. The number of nitrogens with zero attached hydrogens (tertiary/aromatic N) is 3. The Bertz CT molecular complexity index is 377. The van der Waals surface area contributed by atoms with Gasteiger partial charge >= 0.3 is 119 Å². The molecule has 0 radical (unpaired) electrons. The summed E-state index contributed by atoms with van der Waals surface area (Å²) in [6, 6.07) is 0.